The van der Waals surface area contributed by atoms with Gasteiger partial charge in [0, 0.05) is 29.1 Å². The van der Waals surface area contributed by atoms with E-state index in [2.05, 4.69) is 10.6 Å². The second-order valence-corrected chi connectivity index (χ2v) is 5.66. The molecule has 3 N–H and O–H groups in total. The first-order valence-corrected chi connectivity index (χ1v) is 7.73. The number of hydrogen-bond donors (Lipinski definition) is 3. The largest absolute Gasteiger partial charge is 0.456 e. The Hall–Kier alpha value is -2.86. The third-order valence-electron chi connectivity index (χ3n) is 3.69. The predicted octanol–water partition coefficient (Wildman–Crippen LogP) is 2.41. The number of aliphatic hydroxyl groups is 1. The summed E-state index contributed by atoms with van der Waals surface area (Å²) in [6.07, 6.45) is -0.131. The van der Waals surface area contributed by atoms with Crippen LogP contribution in [0.4, 0.5) is 5.69 Å². The summed E-state index contributed by atoms with van der Waals surface area (Å²) in [5, 5.41) is 16.1. The summed E-state index contributed by atoms with van der Waals surface area (Å²) < 4.78 is 5.75. The quantitative estimate of drug-likeness (QED) is 0.642. The third-order valence-corrected chi connectivity index (χ3v) is 3.69. The topological polar surface area (TPSA) is 91.6 Å². The number of furan rings is 1. The molecule has 0 radical (unpaired) electrons. The van der Waals surface area contributed by atoms with Gasteiger partial charge in [0.25, 0.3) is 0 Å². The summed E-state index contributed by atoms with van der Waals surface area (Å²) in [6, 6.07) is 12.9. The number of aliphatic hydroxyl groups excluding tert-OH is 1. The lowest BCUT2D eigenvalue weighted by Gasteiger charge is -2.07. The van der Waals surface area contributed by atoms with Crippen molar-refractivity contribution in [3.05, 3.63) is 42.5 Å². The summed E-state index contributed by atoms with van der Waals surface area (Å²) in [5.41, 5.74) is 1.90. The molecular weight excluding hydrogens is 308 g/mol. The van der Waals surface area contributed by atoms with Crippen LogP contribution in [-0.2, 0) is 9.59 Å². The molecule has 0 aliphatic heterocycles. The standard InChI is InChI=1S/C18H18N2O4/c1-11(21)8-9-19-17(22)18(23)20-12-6-7-14-13-4-2-3-5-15(13)24-16(14)10-12/h2-7,10-11,21H,8-9H2,1H3,(H,19,22)(H,20,23). The third kappa shape index (κ3) is 3.38. The normalized spacial score (nSPS) is 12.2. The van der Waals surface area contributed by atoms with Crippen LogP contribution in [0.15, 0.2) is 46.9 Å². The van der Waals surface area contributed by atoms with Crippen LogP contribution in [0.1, 0.15) is 13.3 Å². The molecule has 2 aromatic carbocycles. The summed E-state index contributed by atoms with van der Waals surface area (Å²) in [6.45, 7) is 1.86. The predicted molar refractivity (Wildman–Crippen MR) is 91.7 cm³/mol. The Morgan fingerprint density at radius 3 is 2.62 bits per heavy atom. The van der Waals surface area contributed by atoms with Gasteiger partial charge in [0.05, 0.1) is 6.10 Å². The van der Waals surface area contributed by atoms with Crippen LogP contribution in [0.5, 0.6) is 0 Å². The Morgan fingerprint density at radius 2 is 1.83 bits per heavy atom. The van der Waals surface area contributed by atoms with Crippen LogP contribution in [0, 0.1) is 0 Å². The van der Waals surface area contributed by atoms with Gasteiger partial charge in [-0.2, -0.15) is 0 Å². The maximum absolute atomic E-state index is 11.9. The Labute approximate surface area is 138 Å². The first-order valence-electron chi connectivity index (χ1n) is 7.73. The molecule has 3 rings (SSSR count). The fraction of sp³-hybridized carbons (Fsp3) is 0.222. The second kappa shape index (κ2) is 6.72. The van der Waals surface area contributed by atoms with Gasteiger partial charge in [-0.1, -0.05) is 18.2 Å². The van der Waals surface area contributed by atoms with Crippen molar-refractivity contribution in [2.75, 3.05) is 11.9 Å². The average Bonchev–Trinajstić information content (AvgIpc) is 2.92. The molecule has 6 heteroatoms. The van der Waals surface area contributed by atoms with Gasteiger partial charge in [-0.15, -0.1) is 0 Å². The maximum atomic E-state index is 11.9. The summed E-state index contributed by atoms with van der Waals surface area (Å²) in [4.78, 5) is 23.6. The van der Waals surface area contributed by atoms with Gasteiger partial charge in [0.1, 0.15) is 11.2 Å². The fourth-order valence-corrected chi connectivity index (χ4v) is 2.47. The molecule has 3 aromatic rings. The maximum Gasteiger partial charge on any atom is 0.313 e. The minimum Gasteiger partial charge on any atom is -0.456 e. The second-order valence-electron chi connectivity index (χ2n) is 5.66. The SMILES string of the molecule is CC(O)CCNC(=O)C(=O)Nc1ccc2c(c1)oc1ccccc12. The number of benzene rings is 2. The van der Waals surface area contributed by atoms with E-state index >= 15 is 0 Å². The Kier molecular flexibility index (Phi) is 4.48. The lowest BCUT2D eigenvalue weighted by Crippen LogP contribution is -2.36. The molecule has 0 aliphatic rings. The first kappa shape index (κ1) is 16.0. The molecule has 124 valence electrons. The van der Waals surface area contributed by atoms with E-state index in [1.54, 1.807) is 19.1 Å². The molecule has 0 bridgehead atoms. The number of fused-ring (bicyclic) bond motifs is 3. The summed E-state index contributed by atoms with van der Waals surface area (Å²) >= 11 is 0. The van der Waals surface area contributed by atoms with E-state index in [0.29, 0.717) is 17.7 Å². The van der Waals surface area contributed by atoms with Crippen LogP contribution in [0.25, 0.3) is 21.9 Å². The molecule has 0 saturated heterocycles. The monoisotopic (exact) mass is 326 g/mol. The van der Waals surface area contributed by atoms with Gasteiger partial charge in [-0.3, -0.25) is 9.59 Å². The molecular formula is C18H18N2O4. The van der Waals surface area contributed by atoms with Gasteiger partial charge in [0.15, 0.2) is 0 Å². The van der Waals surface area contributed by atoms with Crippen LogP contribution in [-0.4, -0.2) is 29.6 Å². The molecule has 0 spiro atoms. The van der Waals surface area contributed by atoms with Crippen LogP contribution in [0.2, 0.25) is 0 Å². The van der Waals surface area contributed by atoms with E-state index in [9.17, 15) is 9.59 Å². The number of hydrogen-bond acceptors (Lipinski definition) is 4. The highest BCUT2D eigenvalue weighted by Gasteiger charge is 2.14. The lowest BCUT2D eigenvalue weighted by atomic mass is 10.1. The zero-order valence-electron chi connectivity index (χ0n) is 13.2. The van der Waals surface area contributed by atoms with E-state index in [0.717, 1.165) is 16.4 Å². The highest BCUT2D eigenvalue weighted by Crippen LogP contribution is 2.30. The molecule has 1 aromatic heterocycles. The van der Waals surface area contributed by atoms with Crippen LogP contribution < -0.4 is 10.6 Å². The minimum absolute atomic E-state index is 0.243. The number of carbonyl (C=O) groups is 2. The van der Waals surface area contributed by atoms with E-state index in [-0.39, 0.29) is 6.54 Å². The Morgan fingerprint density at radius 1 is 1.08 bits per heavy atom. The molecule has 1 heterocycles. The zero-order valence-corrected chi connectivity index (χ0v) is 13.2. The van der Waals surface area contributed by atoms with E-state index in [4.69, 9.17) is 9.52 Å². The van der Waals surface area contributed by atoms with Crippen molar-refractivity contribution in [2.24, 2.45) is 0 Å². The first-order chi connectivity index (χ1) is 11.5. The molecule has 24 heavy (non-hydrogen) atoms. The number of carbonyl (C=O) groups excluding carboxylic acids is 2. The lowest BCUT2D eigenvalue weighted by molar-refractivity contribution is -0.136. The van der Waals surface area contributed by atoms with Crippen molar-refractivity contribution >= 4 is 39.4 Å². The van der Waals surface area contributed by atoms with Gasteiger partial charge in [-0.05, 0) is 31.5 Å². The zero-order chi connectivity index (χ0) is 17.1. The fourth-order valence-electron chi connectivity index (χ4n) is 2.47. The Balaban J connectivity index is 1.72. The molecule has 0 saturated carbocycles. The van der Waals surface area contributed by atoms with Gasteiger partial charge >= 0.3 is 11.8 Å². The molecule has 0 fully saturated rings. The van der Waals surface area contributed by atoms with E-state index in [1.165, 1.54) is 0 Å². The van der Waals surface area contributed by atoms with Crippen LogP contribution >= 0.6 is 0 Å². The highest BCUT2D eigenvalue weighted by molar-refractivity contribution is 6.39. The molecule has 2 amide bonds. The van der Waals surface area contributed by atoms with Crippen LogP contribution in [0.3, 0.4) is 0 Å². The van der Waals surface area contributed by atoms with Gasteiger partial charge < -0.3 is 20.2 Å². The number of para-hydroxylation sites is 1. The summed E-state index contributed by atoms with van der Waals surface area (Å²) in [5.74, 6) is -1.49. The average molecular weight is 326 g/mol. The Bertz CT molecular complexity index is 898. The van der Waals surface area contributed by atoms with Crippen molar-refractivity contribution in [1.82, 2.24) is 5.32 Å². The van der Waals surface area contributed by atoms with Gasteiger partial charge in [-0.25, -0.2) is 0 Å². The van der Waals surface area contributed by atoms with Crippen molar-refractivity contribution in [1.29, 1.82) is 0 Å². The number of anilines is 1. The molecule has 1 unspecified atom stereocenters. The van der Waals surface area contributed by atoms with Crippen molar-refractivity contribution in [3.63, 3.8) is 0 Å². The number of rotatable bonds is 4. The van der Waals surface area contributed by atoms with E-state index < -0.39 is 17.9 Å². The van der Waals surface area contributed by atoms with Crippen molar-refractivity contribution in [3.8, 4) is 0 Å². The molecule has 0 aliphatic carbocycles. The summed E-state index contributed by atoms with van der Waals surface area (Å²) in [7, 11) is 0. The molecule has 6 nitrogen and oxygen atoms in total. The smallest absolute Gasteiger partial charge is 0.313 e. The van der Waals surface area contributed by atoms with Crippen molar-refractivity contribution in [2.45, 2.75) is 19.4 Å². The minimum atomic E-state index is -0.754. The van der Waals surface area contributed by atoms with E-state index in [1.807, 2.05) is 30.3 Å². The molecule has 1 atom stereocenters. The van der Waals surface area contributed by atoms with Crippen molar-refractivity contribution < 1.29 is 19.1 Å². The highest BCUT2D eigenvalue weighted by atomic mass is 16.3. The number of amides is 2. The number of nitrogens with one attached hydrogen (secondary N) is 2. The van der Waals surface area contributed by atoms with Gasteiger partial charge in [0.2, 0.25) is 0 Å².